The van der Waals surface area contributed by atoms with Crippen molar-refractivity contribution in [2.75, 3.05) is 12.8 Å². The zero-order valence-electron chi connectivity index (χ0n) is 11.8. The minimum atomic E-state index is 0.0588. The van der Waals surface area contributed by atoms with Crippen LogP contribution in [0.1, 0.15) is 31.9 Å². The van der Waals surface area contributed by atoms with Crippen molar-refractivity contribution in [2.45, 2.75) is 31.1 Å². The quantitative estimate of drug-likeness (QED) is 0.311. The Morgan fingerprint density at radius 2 is 2.05 bits per heavy atom. The maximum Gasteiger partial charge on any atom is 0.141 e. The SMILES string of the molecule is CSC(C)(C)CNC(C/C(N)=N/O)c1ccccc1. The van der Waals surface area contributed by atoms with E-state index in [-0.39, 0.29) is 16.6 Å². The summed E-state index contributed by atoms with van der Waals surface area (Å²) in [6.45, 7) is 5.23. The number of thioether (sulfide) groups is 1. The van der Waals surface area contributed by atoms with Crippen molar-refractivity contribution in [3.63, 3.8) is 0 Å². The van der Waals surface area contributed by atoms with Gasteiger partial charge in [-0.15, -0.1) is 0 Å². The van der Waals surface area contributed by atoms with Crippen LogP contribution >= 0.6 is 11.8 Å². The molecule has 1 atom stereocenters. The number of nitrogens with two attached hydrogens (primary N) is 1. The lowest BCUT2D eigenvalue weighted by molar-refractivity contribution is 0.315. The van der Waals surface area contributed by atoms with Gasteiger partial charge in [0.25, 0.3) is 0 Å². The van der Waals surface area contributed by atoms with Crippen molar-refractivity contribution >= 4 is 17.6 Å². The number of nitrogens with one attached hydrogen (secondary N) is 1. The first-order valence-corrected chi connectivity index (χ1v) is 7.51. The summed E-state index contributed by atoms with van der Waals surface area (Å²) in [5, 5.41) is 15.3. The summed E-state index contributed by atoms with van der Waals surface area (Å²) < 4.78 is 0.151. The topological polar surface area (TPSA) is 70.6 Å². The summed E-state index contributed by atoms with van der Waals surface area (Å²) in [5.41, 5.74) is 6.78. The highest BCUT2D eigenvalue weighted by Gasteiger charge is 2.20. The first-order chi connectivity index (χ1) is 8.98. The number of oxime groups is 1. The number of benzene rings is 1. The largest absolute Gasteiger partial charge is 0.409 e. The van der Waals surface area contributed by atoms with Crippen LogP contribution in [0.15, 0.2) is 35.5 Å². The van der Waals surface area contributed by atoms with E-state index in [1.54, 1.807) is 0 Å². The second kappa shape index (κ2) is 7.40. The fourth-order valence-electron chi connectivity index (χ4n) is 1.68. The molecule has 4 N–H and O–H groups in total. The van der Waals surface area contributed by atoms with E-state index in [9.17, 15) is 0 Å². The monoisotopic (exact) mass is 281 g/mol. The molecule has 1 rings (SSSR count). The molecule has 1 unspecified atom stereocenters. The minimum Gasteiger partial charge on any atom is -0.409 e. The van der Waals surface area contributed by atoms with Crippen molar-refractivity contribution in [1.82, 2.24) is 5.32 Å². The number of hydrogen-bond donors (Lipinski definition) is 3. The zero-order valence-corrected chi connectivity index (χ0v) is 12.6. The van der Waals surface area contributed by atoms with E-state index in [4.69, 9.17) is 10.9 Å². The predicted molar refractivity (Wildman–Crippen MR) is 82.8 cm³/mol. The van der Waals surface area contributed by atoms with Crippen LogP contribution < -0.4 is 11.1 Å². The molecule has 0 heterocycles. The molecule has 0 saturated heterocycles. The highest BCUT2D eigenvalue weighted by Crippen LogP contribution is 2.23. The van der Waals surface area contributed by atoms with Crippen LogP contribution in [0.4, 0.5) is 0 Å². The molecule has 0 amide bonds. The Hall–Kier alpha value is -1.20. The Morgan fingerprint density at radius 1 is 1.42 bits per heavy atom. The summed E-state index contributed by atoms with van der Waals surface area (Å²) in [6, 6.07) is 10.1. The zero-order chi connectivity index (χ0) is 14.3. The van der Waals surface area contributed by atoms with Gasteiger partial charge < -0.3 is 16.3 Å². The van der Waals surface area contributed by atoms with Crippen LogP contribution in [0.2, 0.25) is 0 Å². The van der Waals surface area contributed by atoms with Crippen molar-refractivity contribution in [2.24, 2.45) is 10.9 Å². The average Bonchev–Trinajstić information content (AvgIpc) is 2.44. The third kappa shape index (κ3) is 5.53. The lowest BCUT2D eigenvalue weighted by Crippen LogP contribution is -2.36. The van der Waals surface area contributed by atoms with E-state index in [0.717, 1.165) is 12.1 Å². The maximum absolute atomic E-state index is 8.74. The Morgan fingerprint density at radius 3 is 2.58 bits per heavy atom. The lowest BCUT2D eigenvalue weighted by Gasteiger charge is -2.27. The van der Waals surface area contributed by atoms with Gasteiger partial charge in [-0.3, -0.25) is 0 Å². The van der Waals surface area contributed by atoms with E-state index in [1.807, 2.05) is 30.0 Å². The molecule has 1 aromatic carbocycles. The summed E-state index contributed by atoms with van der Waals surface area (Å²) >= 11 is 1.82. The van der Waals surface area contributed by atoms with Gasteiger partial charge in [0.15, 0.2) is 0 Å². The molecule has 0 aromatic heterocycles. The maximum atomic E-state index is 8.74. The molecule has 0 bridgehead atoms. The van der Waals surface area contributed by atoms with E-state index < -0.39 is 0 Å². The van der Waals surface area contributed by atoms with Crippen LogP contribution in [0.25, 0.3) is 0 Å². The van der Waals surface area contributed by atoms with Crippen molar-refractivity contribution in [3.8, 4) is 0 Å². The lowest BCUT2D eigenvalue weighted by atomic mass is 10.0. The van der Waals surface area contributed by atoms with Gasteiger partial charge in [0, 0.05) is 23.8 Å². The molecular formula is C14H23N3OS. The average molecular weight is 281 g/mol. The van der Waals surface area contributed by atoms with Gasteiger partial charge in [-0.2, -0.15) is 11.8 Å². The molecule has 0 aliphatic carbocycles. The molecule has 4 nitrogen and oxygen atoms in total. The molecule has 5 heteroatoms. The number of amidine groups is 1. The molecule has 1 aromatic rings. The first-order valence-electron chi connectivity index (χ1n) is 6.28. The van der Waals surface area contributed by atoms with Crippen molar-refractivity contribution in [1.29, 1.82) is 0 Å². The Bertz CT molecular complexity index is 406. The van der Waals surface area contributed by atoms with Crippen LogP contribution in [0, 0.1) is 0 Å². The van der Waals surface area contributed by atoms with Gasteiger partial charge in [-0.1, -0.05) is 35.5 Å². The standard InChI is InChI=1S/C14H23N3OS/c1-14(2,19-3)10-16-12(9-13(15)17-18)11-7-5-4-6-8-11/h4-8,12,16,18H,9-10H2,1-3H3,(H2,15,17). The molecule has 0 spiro atoms. The molecule has 19 heavy (non-hydrogen) atoms. The Labute approximate surface area is 119 Å². The van der Waals surface area contributed by atoms with E-state index >= 15 is 0 Å². The Balaban J connectivity index is 2.76. The van der Waals surface area contributed by atoms with E-state index in [0.29, 0.717) is 6.42 Å². The second-order valence-corrected chi connectivity index (χ2v) is 6.62. The van der Waals surface area contributed by atoms with E-state index in [1.165, 1.54) is 0 Å². The first kappa shape index (κ1) is 15.9. The Kier molecular flexibility index (Phi) is 6.18. The molecular weight excluding hydrogens is 258 g/mol. The third-order valence-electron chi connectivity index (χ3n) is 3.07. The van der Waals surface area contributed by atoms with Gasteiger partial charge in [-0.25, -0.2) is 0 Å². The van der Waals surface area contributed by atoms with Gasteiger partial charge in [0.05, 0.1) is 0 Å². The van der Waals surface area contributed by atoms with Gasteiger partial charge in [0.2, 0.25) is 0 Å². The molecule has 0 saturated carbocycles. The van der Waals surface area contributed by atoms with Crippen LogP contribution in [-0.4, -0.2) is 28.6 Å². The number of nitrogens with zero attached hydrogens (tertiary/aromatic N) is 1. The summed E-state index contributed by atoms with van der Waals surface area (Å²) in [6.07, 6.45) is 2.59. The fourth-order valence-corrected chi connectivity index (χ4v) is 1.91. The minimum absolute atomic E-state index is 0.0588. The number of hydrogen-bond acceptors (Lipinski definition) is 4. The van der Waals surface area contributed by atoms with Crippen LogP contribution in [-0.2, 0) is 0 Å². The third-order valence-corrected chi connectivity index (χ3v) is 4.32. The second-order valence-electron chi connectivity index (χ2n) is 5.10. The van der Waals surface area contributed by atoms with Gasteiger partial charge >= 0.3 is 0 Å². The highest BCUT2D eigenvalue weighted by atomic mass is 32.2. The molecule has 106 valence electrons. The van der Waals surface area contributed by atoms with Crippen molar-refractivity contribution < 1.29 is 5.21 Å². The van der Waals surface area contributed by atoms with E-state index in [2.05, 4.69) is 42.7 Å². The van der Waals surface area contributed by atoms with Gasteiger partial charge in [0.1, 0.15) is 5.84 Å². The molecule has 0 fully saturated rings. The molecule has 0 aliphatic heterocycles. The molecule has 0 radical (unpaired) electrons. The van der Waals surface area contributed by atoms with Crippen LogP contribution in [0.5, 0.6) is 0 Å². The molecule has 0 aliphatic rings. The van der Waals surface area contributed by atoms with Crippen LogP contribution in [0.3, 0.4) is 0 Å². The smallest absolute Gasteiger partial charge is 0.141 e. The normalized spacial score (nSPS) is 14.4. The predicted octanol–water partition coefficient (Wildman–Crippen LogP) is 2.60. The highest BCUT2D eigenvalue weighted by molar-refractivity contribution is 7.99. The fraction of sp³-hybridized carbons (Fsp3) is 0.500. The number of rotatable bonds is 7. The van der Waals surface area contributed by atoms with Gasteiger partial charge in [-0.05, 0) is 25.7 Å². The summed E-state index contributed by atoms with van der Waals surface area (Å²) in [5.74, 6) is 0.239. The summed E-state index contributed by atoms with van der Waals surface area (Å²) in [4.78, 5) is 0. The summed E-state index contributed by atoms with van der Waals surface area (Å²) in [7, 11) is 0. The van der Waals surface area contributed by atoms with Crippen molar-refractivity contribution in [3.05, 3.63) is 35.9 Å².